The van der Waals surface area contributed by atoms with Crippen LogP contribution in [0.15, 0.2) is 24.3 Å². The smallest absolute Gasteiger partial charge is 0.183 e. The van der Waals surface area contributed by atoms with Gasteiger partial charge in [-0.15, -0.1) is 0 Å². The van der Waals surface area contributed by atoms with Gasteiger partial charge >= 0.3 is 0 Å². The summed E-state index contributed by atoms with van der Waals surface area (Å²) in [5, 5.41) is 8.76. The van der Waals surface area contributed by atoms with Crippen molar-refractivity contribution >= 4 is 0 Å². The fraction of sp³-hybridized carbons (Fsp3) is 0.562. The molecule has 2 rings (SSSR count). The molecule has 1 aromatic carbocycles. The molecule has 0 unspecified atom stereocenters. The van der Waals surface area contributed by atoms with E-state index in [2.05, 4.69) is 13.0 Å². The van der Waals surface area contributed by atoms with Crippen LogP contribution in [0.2, 0.25) is 0 Å². The molecule has 0 amide bonds. The van der Waals surface area contributed by atoms with E-state index in [4.69, 9.17) is 14.7 Å². The summed E-state index contributed by atoms with van der Waals surface area (Å²) in [5.41, 5.74) is 1.66. The lowest BCUT2D eigenvalue weighted by atomic mass is 10.0. The van der Waals surface area contributed by atoms with Crippen LogP contribution in [0.3, 0.4) is 0 Å². The Labute approximate surface area is 115 Å². The number of hydrogen-bond acceptors (Lipinski definition) is 3. The first-order chi connectivity index (χ1) is 9.33. The summed E-state index contributed by atoms with van der Waals surface area (Å²) in [6.07, 6.45) is 4.72. The van der Waals surface area contributed by atoms with Gasteiger partial charge in [0, 0.05) is 11.5 Å². The van der Waals surface area contributed by atoms with Crippen molar-refractivity contribution in [2.45, 2.75) is 38.9 Å². The van der Waals surface area contributed by atoms with Gasteiger partial charge in [0.2, 0.25) is 0 Å². The van der Waals surface area contributed by atoms with Crippen molar-refractivity contribution in [1.29, 1.82) is 5.26 Å². The summed E-state index contributed by atoms with van der Waals surface area (Å²) < 4.78 is 11.6. The third-order valence-electron chi connectivity index (χ3n) is 3.49. The Hall–Kier alpha value is -1.37. The Morgan fingerprint density at radius 1 is 1.16 bits per heavy atom. The minimum Gasteiger partial charge on any atom is -0.348 e. The van der Waals surface area contributed by atoms with E-state index in [1.165, 1.54) is 25.7 Å². The minimum absolute atomic E-state index is 0.268. The minimum atomic E-state index is -0.268. The first kappa shape index (κ1) is 14.0. The van der Waals surface area contributed by atoms with Gasteiger partial charge in [0.15, 0.2) is 6.29 Å². The van der Waals surface area contributed by atoms with Crippen molar-refractivity contribution in [1.82, 2.24) is 0 Å². The molecule has 0 atom stereocenters. The van der Waals surface area contributed by atoms with E-state index in [0.717, 1.165) is 18.8 Å². The molecular weight excluding hydrogens is 238 g/mol. The molecule has 1 aromatic rings. The monoisotopic (exact) mass is 259 g/mol. The molecular formula is C16H21NO2. The molecule has 0 N–H and O–H groups in total. The molecule has 3 heteroatoms. The second-order valence-electron chi connectivity index (χ2n) is 5.09. The van der Waals surface area contributed by atoms with E-state index in [0.29, 0.717) is 11.5 Å². The quantitative estimate of drug-likeness (QED) is 0.755. The van der Waals surface area contributed by atoms with Crippen LogP contribution in [0.4, 0.5) is 0 Å². The van der Waals surface area contributed by atoms with Gasteiger partial charge in [0.25, 0.3) is 0 Å². The molecule has 1 saturated heterocycles. The van der Waals surface area contributed by atoms with Crippen LogP contribution in [0.25, 0.3) is 0 Å². The highest BCUT2D eigenvalue weighted by molar-refractivity contribution is 5.32. The molecule has 0 radical (unpaired) electrons. The zero-order chi connectivity index (χ0) is 13.5. The van der Waals surface area contributed by atoms with Gasteiger partial charge in [-0.3, -0.25) is 0 Å². The molecule has 0 spiro atoms. The van der Waals surface area contributed by atoms with Crippen LogP contribution in [0, 0.1) is 17.2 Å². The van der Waals surface area contributed by atoms with Crippen LogP contribution in [-0.2, 0) is 9.47 Å². The van der Waals surface area contributed by atoms with E-state index >= 15 is 0 Å². The summed E-state index contributed by atoms with van der Waals surface area (Å²) in [6.45, 7) is 3.76. The fourth-order valence-electron chi connectivity index (χ4n) is 2.30. The summed E-state index contributed by atoms with van der Waals surface area (Å²) in [5.74, 6) is 0.529. The van der Waals surface area contributed by atoms with E-state index in [9.17, 15) is 0 Å². The molecule has 1 aliphatic heterocycles. The molecule has 102 valence electrons. The summed E-state index contributed by atoms with van der Waals surface area (Å²) >= 11 is 0. The lowest BCUT2D eigenvalue weighted by Crippen LogP contribution is -2.27. The summed E-state index contributed by atoms with van der Waals surface area (Å²) in [6, 6.07) is 9.52. The summed E-state index contributed by atoms with van der Waals surface area (Å²) in [4.78, 5) is 0. The van der Waals surface area contributed by atoms with Crippen LogP contribution in [-0.4, -0.2) is 13.2 Å². The van der Waals surface area contributed by atoms with Crippen LogP contribution in [0.5, 0.6) is 0 Å². The van der Waals surface area contributed by atoms with Crippen molar-refractivity contribution in [2.24, 2.45) is 5.92 Å². The van der Waals surface area contributed by atoms with Gasteiger partial charge in [0.1, 0.15) is 0 Å². The van der Waals surface area contributed by atoms with Gasteiger partial charge in [-0.25, -0.2) is 0 Å². The van der Waals surface area contributed by atoms with E-state index in [1.54, 1.807) is 12.1 Å². The highest BCUT2D eigenvalue weighted by Crippen LogP contribution is 2.27. The third-order valence-corrected chi connectivity index (χ3v) is 3.49. The first-order valence-electron chi connectivity index (χ1n) is 7.06. The maximum Gasteiger partial charge on any atom is 0.183 e. The highest BCUT2D eigenvalue weighted by atomic mass is 16.7. The second kappa shape index (κ2) is 7.28. The molecule has 3 nitrogen and oxygen atoms in total. The van der Waals surface area contributed by atoms with Crippen molar-refractivity contribution < 1.29 is 9.47 Å². The number of unbranched alkanes of at least 4 members (excludes halogenated alkanes) is 2. The molecule has 0 bridgehead atoms. The van der Waals surface area contributed by atoms with Crippen molar-refractivity contribution in [3.8, 4) is 6.07 Å². The number of ether oxygens (including phenoxy) is 2. The normalized spacial score (nSPS) is 22.9. The molecule has 0 aliphatic carbocycles. The second-order valence-corrected chi connectivity index (χ2v) is 5.09. The van der Waals surface area contributed by atoms with Crippen LogP contribution < -0.4 is 0 Å². The SMILES string of the molecule is CCCCC[C@H]1CO[C@H](c2ccc(C#N)cc2)OC1. The highest BCUT2D eigenvalue weighted by Gasteiger charge is 2.23. The number of hydrogen-bond donors (Lipinski definition) is 0. The Morgan fingerprint density at radius 2 is 1.84 bits per heavy atom. The average molecular weight is 259 g/mol. The zero-order valence-electron chi connectivity index (χ0n) is 11.5. The van der Waals surface area contributed by atoms with Crippen LogP contribution >= 0.6 is 0 Å². The Kier molecular flexibility index (Phi) is 5.38. The number of rotatable bonds is 5. The number of nitrogens with zero attached hydrogens (tertiary/aromatic N) is 1. The van der Waals surface area contributed by atoms with Crippen molar-refractivity contribution in [2.75, 3.05) is 13.2 Å². The Balaban J connectivity index is 1.80. The predicted molar refractivity (Wildman–Crippen MR) is 73.4 cm³/mol. The third kappa shape index (κ3) is 4.05. The maximum atomic E-state index is 8.76. The van der Waals surface area contributed by atoms with Gasteiger partial charge < -0.3 is 9.47 Å². The molecule has 19 heavy (non-hydrogen) atoms. The van der Waals surface area contributed by atoms with E-state index in [-0.39, 0.29) is 6.29 Å². The average Bonchev–Trinajstić information content (AvgIpc) is 2.48. The van der Waals surface area contributed by atoms with Crippen LogP contribution in [0.1, 0.15) is 50.0 Å². The van der Waals surface area contributed by atoms with Crippen molar-refractivity contribution in [3.63, 3.8) is 0 Å². The maximum absolute atomic E-state index is 8.76. The standard InChI is InChI=1S/C16H21NO2/c1-2-3-4-5-14-11-18-16(19-12-14)15-8-6-13(10-17)7-9-15/h6-9,14,16H,2-5,11-12H2,1H3/t14-,16-. The lowest BCUT2D eigenvalue weighted by molar-refractivity contribution is -0.206. The molecule has 1 fully saturated rings. The fourth-order valence-corrected chi connectivity index (χ4v) is 2.30. The molecule has 1 aliphatic rings. The Bertz CT molecular complexity index is 413. The lowest BCUT2D eigenvalue weighted by Gasteiger charge is -2.29. The molecule has 0 aromatic heterocycles. The predicted octanol–water partition coefficient (Wildman–Crippen LogP) is 3.80. The van der Waals surface area contributed by atoms with Gasteiger partial charge in [0.05, 0.1) is 24.8 Å². The largest absolute Gasteiger partial charge is 0.348 e. The first-order valence-corrected chi connectivity index (χ1v) is 7.06. The Morgan fingerprint density at radius 3 is 2.42 bits per heavy atom. The van der Waals surface area contributed by atoms with Gasteiger partial charge in [-0.2, -0.15) is 5.26 Å². The summed E-state index contributed by atoms with van der Waals surface area (Å²) in [7, 11) is 0. The number of nitriles is 1. The van der Waals surface area contributed by atoms with Gasteiger partial charge in [-0.1, -0.05) is 38.3 Å². The number of benzene rings is 1. The molecule has 1 heterocycles. The zero-order valence-corrected chi connectivity index (χ0v) is 11.5. The molecule has 0 saturated carbocycles. The van der Waals surface area contributed by atoms with Crippen molar-refractivity contribution in [3.05, 3.63) is 35.4 Å². The van der Waals surface area contributed by atoms with E-state index < -0.39 is 0 Å². The van der Waals surface area contributed by atoms with Gasteiger partial charge in [-0.05, 0) is 18.6 Å². The topological polar surface area (TPSA) is 42.2 Å². The van der Waals surface area contributed by atoms with E-state index in [1.807, 2.05) is 12.1 Å².